The van der Waals surface area contributed by atoms with E-state index in [1.54, 1.807) is 41.7 Å². The van der Waals surface area contributed by atoms with Crippen molar-refractivity contribution in [3.05, 3.63) is 72.5 Å². The highest BCUT2D eigenvalue weighted by molar-refractivity contribution is 6.06. The second-order valence-corrected chi connectivity index (χ2v) is 6.52. The molecule has 1 N–H and O–H groups in total. The van der Waals surface area contributed by atoms with Gasteiger partial charge in [0, 0.05) is 18.6 Å². The summed E-state index contributed by atoms with van der Waals surface area (Å²) in [5.74, 6) is -0.552. The molecule has 1 amide bonds. The predicted molar refractivity (Wildman–Crippen MR) is 103 cm³/mol. The molecule has 142 valence electrons. The maximum absolute atomic E-state index is 13.2. The lowest BCUT2D eigenvalue weighted by Crippen LogP contribution is -2.29. The minimum absolute atomic E-state index is 0.164. The fraction of sp³-hybridized carbons (Fsp3) is 0.200. The number of rotatable bonds is 5. The summed E-state index contributed by atoms with van der Waals surface area (Å²) in [5.41, 5.74) is 2.73. The highest BCUT2D eigenvalue weighted by atomic mass is 19.1. The Morgan fingerprint density at radius 3 is 2.61 bits per heavy atom. The number of amides is 1. The summed E-state index contributed by atoms with van der Waals surface area (Å²) in [6, 6.07) is 5.83. The third kappa shape index (κ3) is 3.13. The van der Waals surface area contributed by atoms with E-state index >= 15 is 0 Å². The van der Waals surface area contributed by atoms with Gasteiger partial charge in [-0.25, -0.2) is 14.1 Å². The number of imidazole rings is 1. The van der Waals surface area contributed by atoms with Crippen LogP contribution >= 0.6 is 0 Å². The van der Waals surface area contributed by atoms with Gasteiger partial charge in [0.2, 0.25) is 0 Å². The van der Waals surface area contributed by atoms with Crippen LogP contribution in [-0.4, -0.2) is 30.2 Å². The van der Waals surface area contributed by atoms with Crippen LogP contribution in [0.25, 0.3) is 16.6 Å². The third-order valence-corrected chi connectivity index (χ3v) is 4.74. The van der Waals surface area contributed by atoms with Crippen LogP contribution in [0.3, 0.4) is 0 Å². The van der Waals surface area contributed by atoms with Gasteiger partial charge in [0.1, 0.15) is 5.82 Å². The van der Waals surface area contributed by atoms with Gasteiger partial charge in [0.15, 0.2) is 0 Å². The first-order valence-electron chi connectivity index (χ1n) is 8.93. The van der Waals surface area contributed by atoms with Crippen LogP contribution in [0.4, 0.5) is 4.39 Å². The average molecular weight is 378 g/mol. The maximum atomic E-state index is 13.2. The van der Waals surface area contributed by atoms with Crippen molar-refractivity contribution in [2.24, 2.45) is 7.05 Å². The monoisotopic (exact) mass is 378 g/mol. The number of fused-ring (bicyclic) bond motifs is 1. The van der Waals surface area contributed by atoms with Crippen LogP contribution in [-0.2, 0) is 7.05 Å². The lowest BCUT2D eigenvalue weighted by Gasteiger charge is -2.17. The molecule has 1 atom stereocenters. The van der Waals surface area contributed by atoms with Crippen molar-refractivity contribution in [3.8, 4) is 5.69 Å². The van der Waals surface area contributed by atoms with Gasteiger partial charge in [-0.05, 0) is 30.7 Å². The number of aromatic nitrogens is 5. The molecule has 0 radical (unpaired) electrons. The fourth-order valence-corrected chi connectivity index (χ4v) is 3.23. The summed E-state index contributed by atoms with van der Waals surface area (Å²) in [7, 11) is 1.89. The van der Waals surface area contributed by atoms with Crippen LogP contribution in [0.2, 0.25) is 0 Å². The Balaban J connectivity index is 1.68. The zero-order valence-corrected chi connectivity index (χ0v) is 15.5. The number of pyridine rings is 1. The summed E-state index contributed by atoms with van der Waals surface area (Å²) < 4.78 is 16.7. The van der Waals surface area contributed by atoms with Gasteiger partial charge < -0.3 is 9.88 Å². The number of nitrogens with one attached hydrogen (secondary N) is 1. The lowest BCUT2D eigenvalue weighted by atomic mass is 10.1. The molecule has 0 aliphatic heterocycles. The van der Waals surface area contributed by atoms with Crippen molar-refractivity contribution in [2.75, 3.05) is 0 Å². The molecule has 0 unspecified atom stereocenters. The van der Waals surface area contributed by atoms with Crippen molar-refractivity contribution < 1.29 is 9.18 Å². The molecule has 8 heteroatoms. The molecule has 0 spiro atoms. The van der Waals surface area contributed by atoms with E-state index in [1.807, 2.05) is 18.5 Å². The number of nitrogens with zero attached hydrogens (tertiary/aromatic N) is 5. The summed E-state index contributed by atoms with van der Waals surface area (Å²) >= 11 is 0. The number of aryl methyl sites for hydroxylation is 1. The molecule has 0 saturated carbocycles. The van der Waals surface area contributed by atoms with Crippen molar-refractivity contribution in [1.82, 2.24) is 29.6 Å². The van der Waals surface area contributed by atoms with E-state index in [4.69, 9.17) is 0 Å². The average Bonchev–Trinajstić information content (AvgIpc) is 3.32. The van der Waals surface area contributed by atoms with Gasteiger partial charge >= 0.3 is 0 Å². The van der Waals surface area contributed by atoms with Crippen molar-refractivity contribution in [2.45, 2.75) is 19.4 Å². The molecule has 0 saturated heterocycles. The Hall–Kier alpha value is -3.55. The van der Waals surface area contributed by atoms with Crippen LogP contribution in [0.15, 0.2) is 55.4 Å². The van der Waals surface area contributed by atoms with Crippen LogP contribution in [0.1, 0.15) is 35.4 Å². The van der Waals surface area contributed by atoms with E-state index in [0.717, 1.165) is 12.1 Å². The molecule has 4 aromatic rings. The van der Waals surface area contributed by atoms with Gasteiger partial charge in [0.25, 0.3) is 5.91 Å². The predicted octanol–water partition coefficient (Wildman–Crippen LogP) is 3.17. The topological polar surface area (TPSA) is 77.6 Å². The second kappa shape index (κ2) is 7.22. The summed E-state index contributed by atoms with van der Waals surface area (Å²) in [4.78, 5) is 21.3. The molecule has 7 nitrogen and oxygen atoms in total. The van der Waals surface area contributed by atoms with Crippen LogP contribution < -0.4 is 5.32 Å². The first-order valence-corrected chi connectivity index (χ1v) is 8.93. The van der Waals surface area contributed by atoms with Gasteiger partial charge in [-0.15, -0.1) is 0 Å². The van der Waals surface area contributed by atoms with Gasteiger partial charge in [0.05, 0.1) is 53.4 Å². The maximum Gasteiger partial charge on any atom is 0.254 e. The number of carbonyl (C=O) groups excluding carboxylic acids is 1. The van der Waals surface area contributed by atoms with Gasteiger partial charge in [-0.1, -0.05) is 6.92 Å². The first-order chi connectivity index (χ1) is 13.6. The number of benzene rings is 1. The third-order valence-electron chi connectivity index (χ3n) is 4.74. The first kappa shape index (κ1) is 17.8. The lowest BCUT2D eigenvalue weighted by molar-refractivity contribution is 0.0935. The molecular formula is C20H19FN6O. The van der Waals surface area contributed by atoms with E-state index in [0.29, 0.717) is 22.2 Å². The number of halogens is 1. The highest BCUT2D eigenvalue weighted by Crippen LogP contribution is 2.22. The largest absolute Gasteiger partial charge is 0.344 e. The second-order valence-electron chi connectivity index (χ2n) is 6.52. The molecule has 0 aliphatic carbocycles. The molecule has 3 heterocycles. The number of carbonyl (C=O) groups is 1. The van der Waals surface area contributed by atoms with Crippen LogP contribution in [0, 0.1) is 5.82 Å². The standard InChI is InChI=1S/C20H19FN6O/c1-3-17(19-11-23-12-26(19)2)25-20(28)16-8-22-10-18-15(16)9-24-27(18)14-6-4-13(21)5-7-14/h4-12,17H,3H2,1-2H3,(H,25,28)/t17-/m0/s1. The molecule has 28 heavy (non-hydrogen) atoms. The quantitative estimate of drug-likeness (QED) is 0.579. The molecule has 0 fully saturated rings. The molecule has 0 bridgehead atoms. The minimum atomic E-state index is -0.320. The smallest absolute Gasteiger partial charge is 0.254 e. The summed E-state index contributed by atoms with van der Waals surface area (Å²) in [6.45, 7) is 2.00. The molecule has 4 rings (SSSR count). The zero-order valence-electron chi connectivity index (χ0n) is 15.5. The van der Waals surface area contributed by atoms with Crippen molar-refractivity contribution in [1.29, 1.82) is 0 Å². The Morgan fingerprint density at radius 1 is 1.14 bits per heavy atom. The van der Waals surface area contributed by atoms with E-state index < -0.39 is 0 Å². The molecule has 1 aromatic carbocycles. The fourth-order valence-electron chi connectivity index (χ4n) is 3.23. The summed E-state index contributed by atoms with van der Waals surface area (Å²) in [6.07, 6.45) is 8.98. The SMILES string of the molecule is CC[C@H](NC(=O)c1cncc2c1cnn2-c1ccc(F)cc1)c1cncn1C. The van der Waals surface area contributed by atoms with E-state index in [2.05, 4.69) is 20.4 Å². The Morgan fingerprint density at radius 2 is 1.93 bits per heavy atom. The van der Waals surface area contributed by atoms with Gasteiger partial charge in [-0.3, -0.25) is 9.78 Å². The van der Waals surface area contributed by atoms with Crippen molar-refractivity contribution >= 4 is 16.8 Å². The van der Waals surface area contributed by atoms with E-state index in [9.17, 15) is 9.18 Å². The minimum Gasteiger partial charge on any atom is -0.344 e. The molecular weight excluding hydrogens is 359 g/mol. The van der Waals surface area contributed by atoms with Crippen molar-refractivity contribution in [3.63, 3.8) is 0 Å². The Bertz CT molecular complexity index is 1130. The Kier molecular flexibility index (Phi) is 4.60. The Labute approximate surface area is 160 Å². The normalized spacial score (nSPS) is 12.2. The van der Waals surface area contributed by atoms with Gasteiger partial charge in [-0.2, -0.15) is 5.10 Å². The summed E-state index contributed by atoms with van der Waals surface area (Å²) in [5, 5.41) is 8.09. The number of hydrogen-bond acceptors (Lipinski definition) is 4. The molecule has 3 aromatic heterocycles. The number of hydrogen-bond donors (Lipinski definition) is 1. The molecule has 0 aliphatic rings. The zero-order chi connectivity index (χ0) is 19.7. The van der Waals surface area contributed by atoms with E-state index in [-0.39, 0.29) is 17.8 Å². The van der Waals surface area contributed by atoms with E-state index in [1.165, 1.54) is 18.3 Å². The van der Waals surface area contributed by atoms with Crippen LogP contribution in [0.5, 0.6) is 0 Å². The highest BCUT2D eigenvalue weighted by Gasteiger charge is 2.20.